The summed E-state index contributed by atoms with van der Waals surface area (Å²) in [6.07, 6.45) is 2.93. The van der Waals surface area contributed by atoms with Gasteiger partial charge in [0.05, 0.1) is 0 Å². The minimum Gasteiger partial charge on any atom is -0.206 e. The van der Waals surface area contributed by atoms with E-state index in [0.29, 0.717) is 9.54 Å². The number of hydrogen-bond acceptors (Lipinski definition) is 3. The molecule has 0 aliphatic heterocycles. The smallest absolute Gasteiger partial charge is 0.206 e. The number of hydrogen-bond donors (Lipinski definition) is 1. The molecule has 0 atom stereocenters. The normalized spacial score (nSPS) is 19.4. The van der Waals surface area contributed by atoms with E-state index >= 15 is 0 Å². The Labute approximate surface area is 108 Å². The van der Waals surface area contributed by atoms with Gasteiger partial charge in [-0.25, -0.2) is 13.1 Å². The molecule has 1 fully saturated rings. The molecule has 0 amide bonds. The summed E-state index contributed by atoms with van der Waals surface area (Å²) in [6, 6.07) is 3.50. The molecule has 0 radical (unpaired) electrons. The number of sulfonamides is 1. The fourth-order valence-electron chi connectivity index (χ4n) is 1.76. The monoisotopic (exact) mass is 323 g/mol. The van der Waals surface area contributed by atoms with Crippen LogP contribution in [0.2, 0.25) is 0 Å². The molecule has 1 aromatic heterocycles. The van der Waals surface area contributed by atoms with Gasteiger partial charge in [-0.15, -0.1) is 11.3 Å². The molecule has 1 N–H and O–H groups in total. The lowest BCUT2D eigenvalue weighted by molar-refractivity contribution is 0.256. The van der Waals surface area contributed by atoms with E-state index in [4.69, 9.17) is 0 Å². The van der Waals surface area contributed by atoms with E-state index in [9.17, 15) is 8.42 Å². The van der Waals surface area contributed by atoms with Crippen LogP contribution in [0.3, 0.4) is 0 Å². The van der Waals surface area contributed by atoms with Crippen molar-refractivity contribution in [2.24, 2.45) is 0 Å². The third-order valence-corrected chi connectivity index (χ3v) is 7.04. The highest BCUT2D eigenvalue weighted by molar-refractivity contribution is 9.09. The van der Waals surface area contributed by atoms with Crippen LogP contribution in [0.1, 0.15) is 24.1 Å². The fourth-order valence-corrected chi connectivity index (χ4v) is 5.39. The molecule has 2 rings (SSSR count). The zero-order valence-electron chi connectivity index (χ0n) is 8.99. The Bertz CT molecular complexity index is 471. The fraction of sp³-hybridized carbons (Fsp3) is 0.600. The number of halogens is 1. The Morgan fingerprint density at radius 1 is 1.50 bits per heavy atom. The first-order valence-corrected chi connectivity index (χ1v) is 8.56. The molecule has 1 heterocycles. The van der Waals surface area contributed by atoms with E-state index in [2.05, 4.69) is 20.7 Å². The highest BCUT2D eigenvalue weighted by Crippen LogP contribution is 2.35. The van der Waals surface area contributed by atoms with Gasteiger partial charge >= 0.3 is 0 Å². The summed E-state index contributed by atoms with van der Waals surface area (Å²) >= 11 is 4.70. The van der Waals surface area contributed by atoms with Gasteiger partial charge in [-0.3, -0.25) is 0 Å². The average Bonchev–Trinajstić information content (AvgIpc) is 2.59. The molecule has 0 bridgehead atoms. The third-order valence-electron chi connectivity index (χ3n) is 2.90. The summed E-state index contributed by atoms with van der Waals surface area (Å²) in [7, 11) is -3.33. The number of rotatable bonds is 4. The topological polar surface area (TPSA) is 46.2 Å². The maximum atomic E-state index is 12.1. The maximum Gasteiger partial charge on any atom is 0.250 e. The van der Waals surface area contributed by atoms with Gasteiger partial charge in [0.1, 0.15) is 4.21 Å². The second-order valence-corrected chi connectivity index (χ2v) is 8.00. The Kier molecular flexibility index (Phi) is 3.45. The van der Waals surface area contributed by atoms with Gasteiger partial charge in [0.2, 0.25) is 0 Å². The molecular weight excluding hydrogens is 310 g/mol. The molecule has 0 saturated heterocycles. The van der Waals surface area contributed by atoms with Crippen molar-refractivity contribution in [3.8, 4) is 0 Å². The van der Waals surface area contributed by atoms with Crippen LogP contribution in [-0.2, 0) is 10.0 Å². The van der Waals surface area contributed by atoms with Crippen LogP contribution in [0.25, 0.3) is 0 Å². The minimum atomic E-state index is -3.33. The largest absolute Gasteiger partial charge is 0.250 e. The molecule has 16 heavy (non-hydrogen) atoms. The van der Waals surface area contributed by atoms with Gasteiger partial charge in [-0.05, 0) is 38.3 Å². The van der Waals surface area contributed by atoms with Crippen LogP contribution in [0.5, 0.6) is 0 Å². The van der Waals surface area contributed by atoms with Gasteiger partial charge in [0.15, 0.2) is 0 Å². The van der Waals surface area contributed by atoms with Crippen LogP contribution >= 0.6 is 27.3 Å². The predicted molar refractivity (Wildman–Crippen MR) is 69.8 cm³/mol. The molecule has 90 valence electrons. The quantitative estimate of drug-likeness (QED) is 0.866. The van der Waals surface area contributed by atoms with Gasteiger partial charge < -0.3 is 0 Å². The molecule has 0 aromatic carbocycles. The first-order valence-electron chi connectivity index (χ1n) is 5.14. The summed E-state index contributed by atoms with van der Waals surface area (Å²) in [5, 5.41) is 0.684. The van der Waals surface area contributed by atoms with Crippen LogP contribution < -0.4 is 4.72 Å². The Balaban J connectivity index is 2.20. The average molecular weight is 324 g/mol. The van der Waals surface area contributed by atoms with Crippen molar-refractivity contribution in [3.63, 3.8) is 0 Å². The second-order valence-electron chi connectivity index (χ2n) is 4.24. The highest BCUT2D eigenvalue weighted by atomic mass is 79.9. The SMILES string of the molecule is Cc1ccc(S(=O)(=O)NC2(CBr)CCC2)s1. The van der Waals surface area contributed by atoms with Crippen molar-refractivity contribution in [2.45, 2.75) is 35.9 Å². The van der Waals surface area contributed by atoms with E-state index in [1.807, 2.05) is 13.0 Å². The summed E-state index contributed by atoms with van der Waals surface area (Å²) in [5.74, 6) is 0. The van der Waals surface area contributed by atoms with Crippen molar-refractivity contribution >= 4 is 37.3 Å². The molecule has 6 heteroatoms. The number of nitrogens with one attached hydrogen (secondary N) is 1. The third kappa shape index (κ3) is 2.34. The minimum absolute atomic E-state index is 0.253. The van der Waals surface area contributed by atoms with E-state index in [1.54, 1.807) is 6.07 Å². The first kappa shape index (κ1) is 12.5. The van der Waals surface area contributed by atoms with Crippen LogP contribution in [0.15, 0.2) is 16.3 Å². The molecule has 1 aliphatic carbocycles. The molecule has 3 nitrogen and oxygen atoms in total. The van der Waals surface area contributed by atoms with Crippen molar-refractivity contribution in [1.82, 2.24) is 4.72 Å². The molecule has 1 aromatic rings. The molecule has 1 saturated carbocycles. The Hall–Kier alpha value is 0.0900. The van der Waals surface area contributed by atoms with Crippen LogP contribution in [0.4, 0.5) is 0 Å². The van der Waals surface area contributed by atoms with Crippen molar-refractivity contribution in [3.05, 3.63) is 17.0 Å². The highest BCUT2D eigenvalue weighted by Gasteiger charge is 2.40. The van der Waals surface area contributed by atoms with Gasteiger partial charge in [0, 0.05) is 15.7 Å². The number of thiophene rings is 1. The van der Waals surface area contributed by atoms with Crippen LogP contribution in [0, 0.1) is 6.92 Å². The number of aryl methyl sites for hydroxylation is 1. The van der Waals surface area contributed by atoms with E-state index < -0.39 is 10.0 Å². The maximum absolute atomic E-state index is 12.1. The zero-order valence-corrected chi connectivity index (χ0v) is 12.2. The van der Waals surface area contributed by atoms with Gasteiger partial charge in [-0.1, -0.05) is 15.9 Å². The molecule has 1 aliphatic rings. The molecule has 0 spiro atoms. The number of alkyl halides is 1. The van der Waals surface area contributed by atoms with E-state index in [0.717, 1.165) is 24.1 Å². The molecule has 0 unspecified atom stereocenters. The summed E-state index contributed by atoms with van der Waals surface area (Å²) < 4.78 is 27.4. The Morgan fingerprint density at radius 2 is 2.19 bits per heavy atom. The zero-order chi connectivity index (χ0) is 11.8. The van der Waals surface area contributed by atoms with Crippen molar-refractivity contribution in [2.75, 3.05) is 5.33 Å². The lowest BCUT2D eigenvalue weighted by atomic mass is 9.80. The summed E-state index contributed by atoms with van der Waals surface area (Å²) in [6.45, 7) is 1.91. The lowest BCUT2D eigenvalue weighted by Crippen LogP contribution is -2.54. The van der Waals surface area contributed by atoms with E-state index in [1.165, 1.54) is 11.3 Å². The van der Waals surface area contributed by atoms with E-state index in [-0.39, 0.29) is 5.54 Å². The Morgan fingerprint density at radius 3 is 2.56 bits per heavy atom. The van der Waals surface area contributed by atoms with Crippen molar-refractivity contribution < 1.29 is 8.42 Å². The van der Waals surface area contributed by atoms with Gasteiger partial charge in [-0.2, -0.15) is 0 Å². The first-order chi connectivity index (χ1) is 7.47. The summed E-state index contributed by atoms with van der Waals surface area (Å²) in [5.41, 5.74) is -0.253. The van der Waals surface area contributed by atoms with Gasteiger partial charge in [0.25, 0.3) is 10.0 Å². The lowest BCUT2D eigenvalue weighted by Gasteiger charge is -2.40. The summed E-state index contributed by atoms with van der Waals surface area (Å²) in [4.78, 5) is 1.02. The second kappa shape index (κ2) is 4.40. The molecular formula is C10H14BrNO2S2. The van der Waals surface area contributed by atoms with Crippen molar-refractivity contribution in [1.29, 1.82) is 0 Å². The standard InChI is InChI=1S/C10H14BrNO2S2/c1-8-3-4-9(15-8)16(13,14)12-10(7-11)5-2-6-10/h3-4,12H,2,5-7H2,1H3. The predicted octanol–water partition coefficient (Wildman–Crippen LogP) is 2.65. The van der Waals surface area contributed by atoms with Crippen LogP contribution in [-0.4, -0.2) is 19.3 Å².